The first-order chi connectivity index (χ1) is 14.3. The van der Waals surface area contributed by atoms with Crippen molar-refractivity contribution in [1.29, 1.82) is 0 Å². The Morgan fingerprint density at radius 3 is 2.63 bits per heavy atom. The van der Waals surface area contributed by atoms with Crippen molar-refractivity contribution in [2.75, 3.05) is 20.6 Å². The molecule has 0 fully saturated rings. The van der Waals surface area contributed by atoms with Gasteiger partial charge in [-0.15, -0.1) is 0 Å². The van der Waals surface area contributed by atoms with Gasteiger partial charge in [-0.25, -0.2) is 0 Å². The van der Waals surface area contributed by atoms with Gasteiger partial charge in [0, 0.05) is 29.9 Å². The number of H-pyrrole nitrogens is 1. The Labute approximate surface area is 175 Å². The smallest absolute Gasteiger partial charge is 0.267 e. The molecule has 2 heterocycles. The van der Waals surface area contributed by atoms with Crippen molar-refractivity contribution in [3.05, 3.63) is 71.3 Å². The molecular weight excluding hydrogens is 380 g/mol. The number of aromatic nitrogens is 2. The quantitative estimate of drug-likeness (QED) is 0.559. The third-order valence-corrected chi connectivity index (χ3v) is 4.72. The van der Waals surface area contributed by atoms with Crippen LogP contribution in [-0.2, 0) is 0 Å². The van der Waals surface area contributed by atoms with Crippen molar-refractivity contribution >= 4 is 17.8 Å². The molecule has 30 heavy (non-hydrogen) atoms. The molecule has 0 aliphatic rings. The number of nitrogens with zero attached hydrogens (tertiary/aromatic N) is 2. The predicted octanol–water partition coefficient (Wildman–Crippen LogP) is 3.53. The average molecular weight is 406 g/mol. The number of carbonyl (C=O) groups excluding carboxylic acids is 2. The molecule has 1 aromatic carbocycles. The van der Waals surface area contributed by atoms with Crippen LogP contribution in [0.25, 0.3) is 17.3 Å². The Bertz CT molecular complexity index is 1060. The number of aromatic amines is 1. The topological polar surface area (TPSA) is 91.2 Å². The molecule has 0 aliphatic carbocycles. The number of rotatable bonds is 8. The number of ketones is 1. The fourth-order valence-electron chi connectivity index (χ4n) is 3.31. The van der Waals surface area contributed by atoms with E-state index in [0.29, 0.717) is 34.8 Å². The summed E-state index contributed by atoms with van der Waals surface area (Å²) in [7, 11) is 3.88. The Kier molecular flexibility index (Phi) is 6.32. The summed E-state index contributed by atoms with van der Waals surface area (Å²) in [5.41, 5.74) is 3.29. The number of hydrogen-bond acceptors (Lipinski definition) is 5. The molecule has 7 nitrogen and oxygen atoms in total. The van der Waals surface area contributed by atoms with E-state index in [1.165, 1.54) is 6.20 Å². The van der Waals surface area contributed by atoms with Crippen LogP contribution in [0.15, 0.2) is 47.6 Å². The van der Waals surface area contributed by atoms with E-state index in [-0.39, 0.29) is 17.7 Å². The lowest BCUT2D eigenvalue weighted by Crippen LogP contribution is -2.39. The van der Waals surface area contributed by atoms with Gasteiger partial charge in [0.25, 0.3) is 5.91 Å². The highest BCUT2D eigenvalue weighted by Gasteiger charge is 2.24. The average Bonchev–Trinajstić information content (AvgIpc) is 3.34. The molecule has 156 valence electrons. The number of nitrogens with one attached hydrogen (secondary N) is 2. The van der Waals surface area contributed by atoms with Crippen LogP contribution in [0.1, 0.15) is 44.7 Å². The van der Waals surface area contributed by atoms with Gasteiger partial charge in [-0.05, 0) is 39.6 Å². The van der Waals surface area contributed by atoms with Gasteiger partial charge < -0.3 is 19.7 Å². The Morgan fingerprint density at radius 2 is 2.00 bits per heavy atom. The minimum atomic E-state index is -0.259. The fourth-order valence-corrected chi connectivity index (χ4v) is 3.31. The van der Waals surface area contributed by atoms with Crippen molar-refractivity contribution in [1.82, 2.24) is 20.4 Å². The first-order valence-corrected chi connectivity index (χ1v) is 9.68. The lowest BCUT2D eigenvalue weighted by molar-refractivity contribution is 0.0929. The van der Waals surface area contributed by atoms with E-state index in [9.17, 15) is 9.59 Å². The maximum Gasteiger partial charge on any atom is 0.267 e. The number of hydrogen-bond donors (Lipinski definition) is 2. The minimum absolute atomic E-state index is 0.0274. The van der Waals surface area contributed by atoms with Crippen LogP contribution in [0, 0.1) is 6.92 Å². The first-order valence-electron chi connectivity index (χ1n) is 9.68. The number of amides is 1. The summed E-state index contributed by atoms with van der Waals surface area (Å²) in [6.45, 7) is 8.09. The normalized spacial score (nSPS) is 12.0. The fraction of sp³-hybridized carbons (Fsp3) is 0.261. The molecule has 3 aromatic rings. The van der Waals surface area contributed by atoms with Crippen LogP contribution >= 0.6 is 0 Å². The van der Waals surface area contributed by atoms with Crippen molar-refractivity contribution < 1.29 is 14.1 Å². The van der Waals surface area contributed by atoms with Gasteiger partial charge in [0.2, 0.25) is 0 Å². The van der Waals surface area contributed by atoms with Crippen molar-refractivity contribution in [2.24, 2.45) is 0 Å². The molecule has 0 bridgehead atoms. The maximum absolute atomic E-state index is 13.2. The lowest BCUT2D eigenvalue weighted by atomic mass is 9.99. The second kappa shape index (κ2) is 8.92. The van der Waals surface area contributed by atoms with Crippen molar-refractivity contribution in [2.45, 2.75) is 19.9 Å². The zero-order chi connectivity index (χ0) is 21.8. The Balaban J connectivity index is 1.83. The summed E-state index contributed by atoms with van der Waals surface area (Å²) in [4.78, 5) is 30.5. The lowest BCUT2D eigenvalue weighted by Gasteiger charge is -2.17. The molecule has 3 rings (SSSR count). The Morgan fingerprint density at radius 1 is 1.30 bits per heavy atom. The molecule has 1 atom stereocenters. The molecule has 0 spiro atoms. The molecule has 0 saturated carbocycles. The van der Waals surface area contributed by atoms with Crippen LogP contribution in [-0.4, -0.2) is 53.4 Å². The van der Waals surface area contributed by atoms with Gasteiger partial charge in [0.05, 0.1) is 5.56 Å². The molecular formula is C23H26N4O3. The van der Waals surface area contributed by atoms with Gasteiger partial charge in [0.15, 0.2) is 5.78 Å². The zero-order valence-electron chi connectivity index (χ0n) is 17.7. The monoisotopic (exact) mass is 406 g/mol. The van der Waals surface area contributed by atoms with Crippen molar-refractivity contribution in [3.63, 3.8) is 0 Å². The van der Waals surface area contributed by atoms with E-state index in [4.69, 9.17) is 4.52 Å². The van der Waals surface area contributed by atoms with E-state index in [1.54, 1.807) is 19.1 Å². The standard InChI is InChI=1S/C23H26N4O3/c1-6-16-7-9-17(10-8-16)21-20(15(3)30-26-21)22(28)18-11-19(24-12-18)23(29)25-14(2)13-27(4)5/h6-12,14,24H,1,13H2,2-5H3,(H,25,29). The molecule has 2 aromatic heterocycles. The van der Waals surface area contributed by atoms with Crippen LogP contribution in [0.3, 0.4) is 0 Å². The summed E-state index contributed by atoms with van der Waals surface area (Å²) in [5.74, 6) is -0.0894. The number of likely N-dealkylation sites (N-methyl/N-ethyl adjacent to an activating group) is 1. The van der Waals surface area contributed by atoms with Gasteiger partial charge in [-0.1, -0.05) is 42.1 Å². The maximum atomic E-state index is 13.2. The molecule has 2 N–H and O–H groups in total. The van der Waals surface area contributed by atoms with Gasteiger partial charge in [-0.3, -0.25) is 9.59 Å². The minimum Gasteiger partial charge on any atom is -0.360 e. The molecule has 7 heteroatoms. The number of aryl methyl sites for hydroxylation is 1. The molecule has 0 radical (unpaired) electrons. The van der Waals surface area contributed by atoms with E-state index >= 15 is 0 Å². The molecule has 1 unspecified atom stereocenters. The highest BCUT2D eigenvalue weighted by molar-refractivity contribution is 6.13. The van der Waals surface area contributed by atoms with E-state index in [2.05, 4.69) is 22.0 Å². The molecule has 0 aliphatic heterocycles. The summed E-state index contributed by atoms with van der Waals surface area (Å²) in [6, 6.07) is 9.06. The van der Waals surface area contributed by atoms with Gasteiger partial charge in [0.1, 0.15) is 17.1 Å². The van der Waals surface area contributed by atoms with E-state index in [0.717, 1.165) is 11.1 Å². The largest absolute Gasteiger partial charge is 0.360 e. The molecule has 1 amide bonds. The third-order valence-electron chi connectivity index (χ3n) is 4.72. The van der Waals surface area contributed by atoms with Gasteiger partial charge >= 0.3 is 0 Å². The summed E-state index contributed by atoms with van der Waals surface area (Å²) >= 11 is 0. The van der Waals surface area contributed by atoms with Crippen LogP contribution in [0.2, 0.25) is 0 Å². The summed E-state index contributed by atoms with van der Waals surface area (Å²) < 4.78 is 5.31. The summed E-state index contributed by atoms with van der Waals surface area (Å²) in [6.07, 6.45) is 3.28. The molecule has 0 saturated heterocycles. The van der Waals surface area contributed by atoms with E-state index in [1.807, 2.05) is 50.2 Å². The van der Waals surface area contributed by atoms with Crippen LogP contribution in [0.5, 0.6) is 0 Å². The Hall–Kier alpha value is -3.45. The highest BCUT2D eigenvalue weighted by Crippen LogP contribution is 2.28. The second-order valence-corrected chi connectivity index (χ2v) is 7.56. The van der Waals surface area contributed by atoms with Crippen molar-refractivity contribution in [3.8, 4) is 11.3 Å². The van der Waals surface area contributed by atoms with Gasteiger partial charge in [-0.2, -0.15) is 0 Å². The highest BCUT2D eigenvalue weighted by atomic mass is 16.5. The second-order valence-electron chi connectivity index (χ2n) is 7.56. The summed E-state index contributed by atoms with van der Waals surface area (Å²) in [5, 5.41) is 6.99. The first kappa shape index (κ1) is 21.3. The predicted molar refractivity (Wildman–Crippen MR) is 116 cm³/mol. The SMILES string of the molecule is C=Cc1ccc(-c2noc(C)c2C(=O)c2c[nH]c(C(=O)NC(C)CN(C)C)c2)cc1. The van der Waals surface area contributed by atoms with Crippen LogP contribution < -0.4 is 5.32 Å². The number of benzene rings is 1. The number of carbonyl (C=O) groups is 2. The van der Waals surface area contributed by atoms with Crippen LogP contribution in [0.4, 0.5) is 0 Å². The third kappa shape index (κ3) is 4.58. The van der Waals surface area contributed by atoms with E-state index < -0.39 is 0 Å². The zero-order valence-corrected chi connectivity index (χ0v) is 17.7.